The zero-order valence-electron chi connectivity index (χ0n) is 12.9. The van der Waals surface area contributed by atoms with Crippen LogP contribution in [-0.2, 0) is 11.2 Å². The number of ether oxygens (including phenoxy) is 1. The number of esters is 1. The zero-order chi connectivity index (χ0) is 16.6. The summed E-state index contributed by atoms with van der Waals surface area (Å²) in [4.78, 5) is 25.8. The third-order valence-electron chi connectivity index (χ3n) is 4.06. The highest BCUT2D eigenvalue weighted by molar-refractivity contribution is 6.07. The Labute approximate surface area is 133 Å². The number of hydrogen-bond donors (Lipinski definition) is 0. The molecule has 2 aromatic carbocycles. The molecule has 0 fully saturated rings. The smallest absolute Gasteiger partial charge is 0.337 e. The Hall–Kier alpha value is -2.69. The van der Waals surface area contributed by atoms with Crippen LogP contribution in [0.2, 0.25) is 0 Å². The summed E-state index contributed by atoms with van der Waals surface area (Å²) < 4.78 is 18.4. The summed E-state index contributed by atoms with van der Waals surface area (Å²) in [7, 11) is 1.33. The Balaban J connectivity index is 1.91. The van der Waals surface area contributed by atoms with Gasteiger partial charge in [0, 0.05) is 17.8 Å². The number of methoxy groups -OCH3 is 1. The van der Waals surface area contributed by atoms with Crippen LogP contribution in [-0.4, -0.2) is 25.5 Å². The standard InChI is InChI=1S/C18H16FNO3/c1-11-3-4-13(10-15(11)19)17(21)20-8-7-12-9-14(18(22)23-2)5-6-16(12)20/h3-6,9-10H,7-8H2,1-2H3. The van der Waals surface area contributed by atoms with Gasteiger partial charge in [-0.25, -0.2) is 9.18 Å². The molecule has 0 saturated carbocycles. The van der Waals surface area contributed by atoms with Crippen molar-refractivity contribution in [2.75, 3.05) is 18.6 Å². The van der Waals surface area contributed by atoms with Gasteiger partial charge in [-0.2, -0.15) is 0 Å². The number of amides is 1. The first-order valence-electron chi connectivity index (χ1n) is 7.30. The largest absolute Gasteiger partial charge is 0.465 e. The first-order chi connectivity index (χ1) is 11.0. The Kier molecular flexibility index (Phi) is 3.86. The normalized spacial score (nSPS) is 12.9. The van der Waals surface area contributed by atoms with E-state index < -0.39 is 11.8 Å². The van der Waals surface area contributed by atoms with Crippen molar-refractivity contribution in [3.05, 3.63) is 64.5 Å². The quantitative estimate of drug-likeness (QED) is 0.800. The van der Waals surface area contributed by atoms with Gasteiger partial charge in [0.25, 0.3) is 5.91 Å². The second kappa shape index (κ2) is 5.83. The second-order valence-corrected chi connectivity index (χ2v) is 5.51. The molecule has 23 heavy (non-hydrogen) atoms. The fourth-order valence-corrected chi connectivity index (χ4v) is 2.74. The molecule has 118 valence electrons. The molecule has 0 aromatic heterocycles. The van der Waals surface area contributed by atoms with E-state index in [0.717, 1.165) is 11.3 Å². The molecule has 3 rings (SSSR count). The molecule has 0 saturated heterocycles. The summed E-state index contributed by atoms with van der Waals surface area (Å²) in [5.41, 5.74) is 2.95. The first kappa shape index (κ1) is 15.2. The summed E-state index contributed by atoms with van der Waals surface area (Å²) in [6.45, 7) is 2.16. The number of fused-ring (bicyclic) bond motifs is 1. The molecule has 0 N–H and O–H groups in total. The highest BCUT2D eigenvalue weighted by Crippen LogP contribution is 2.30. The van der Waals surface area contributed by atoms with E-state index in [4.69, 9.17) is 4.74 Å². The number of benzene rings is 2. The summed E-state index contributed by atoms with van der Waals surface area (Å²) >= 11 is 0. The Morgan fingerprint density at radius 3 is 2.57 bits per heavy atom. The van der Waals surface area contributed by atoms with E-state index in [0.29, 0.717) is 29.7 Å². The maximum atomic E-state index is 13.7. The van der Waals surface area contributed by atoms with Gasteiger partial charge in [0.2, 0.25) is 0 Å². The van der Waals surface area contributed by atoms with Crippen LogP contribution < -0.4 is 4.90 Å². The van der Waals surface area contributed by atoms with Gasteiger partial charge >= 0.3 is 5.97 Å². The summed E-state index contributed by atoms with van der Waals surface area (Å²) in [6, 6.07) is 9.59. The lowest BCUT2D eigenvalue weighted by Gasteiger charge is -2.18. The van der Waals surface area contributed by atoms with Gasteiger partial charge in [-0.05, 0) is 54.8 Å². The van der Waals surface area contributed by atoms with Crippen molar-refractivity contribution >= 4 is 17.6 Å². The van der Waals surface area contributed by atoms with E-state index in [9.17, 15) is 14.0 Å². The second-order valence-electron chi connectivity index (χ2n) is 5.51. The number of carbonyl (C=O) groups excluding carboxylic acids is 2. The molecule has 0 aliphatic carbocycles. The van der Waals surface area contributed by atoms with E-state index in [2.05, 4.69) is 0 Å². The first-order valence-corrected chi connectivity index (χ1v) is 7.30. The van der Waals surface area contributed by atoms with E-state index in [-0.39, 0.29) is 5.91 Å². The van der Waals surface area contributed by atoms with Crippen molar-refractivity contribution in [1.82, 2.24) is 0 Å². The predicted octanol–water partition coefficient (Wildman–Crippen LogP) is 3.12. The van der Waals surface area contributed by atoms with Crippen LogP contribution in [0.25, 0.3) is 0 Å². The highest BCUT2D eigenvalue weighted by Gasteiger charge is 2.26. The number of carbonyl (C=O) groups is 2. The van der Waals surface area contributed by atoms with Gasteiger partial charge in [0.15, 0.2) is 0 Å². The Bertz CT molecular complexity index is 801. The fourth-order valence-electron chi connectivity index (χ4n) is 2.74. The number of hydrogen-bond acceptors (Lipinski definition) is 3. The van der Waals surface area contributed by atoms with Gasteiger partial charge in [0.1, 0.15) is 5.82 Å². The van der Waals surface area contributed by atoms with Gasteiger partial charge in [-0.1, -0.05) is 6.07 Å². The predicted molar refractivity (Wildman–Crippen MR) is 84.3 cm³/mol. The minimum absolute atomic E-state index is 0.242. The fraction of sp³-hybridized carbons (Fsp3) is 0.222. The van der Waals surface area contributed by atoms with Crippen LogP contribution >= 0.6 is 0 Å². The summed E-state index contributed by atoms with van der Waals surface area (Å²) in [5.74, 6) is -1.04. The van der Waals surface area contributed by atoms with Crippen molar-refractivity contribution < 1.29 is 18.7 Å². The van der Waals surface area contributed by atoms with Gasteiger partial charge in [-0.15, -0.1) is 0 Å². The minimum atomic E-state index is -0.404. The van der Waals surface area contributed by atoms with Gasteiger partial charge < -0.3 is 9.64 Å². The van der Waals surface area contributed by atoms with Crippen LogP contribution in [0, 0.1) is 12.7 Å². The minimum Gasteiger partial charge on any atom is -0.465 e. The molecular formula is C18H16FNO3. The van der Waals surface area contributed by atoms with Crippen molar-refractivity contribution in [2.24, 2.45) is 0 Å². The van der Waals surface area contributed by atoms with Crippen molar-refractivity contribution in [3.63, 3.8) is 0 Å². The molecule has 0 spiro atoms. The molecule has 2 aromatic rings. The maximum Gasteiger partial charge on any atom is 0.337 e. The van der Waals surface area contributed by atoms with Crippen LogP contribution in [0.3, 0.4) is 0 Å². The Morgan fingerprint density at radius 1 is 1.13 bits per heavy atom. The number of nitrogens with zero attached hydrogens (tertiary/aromatic N) is 1. The van der Waals surface area contributed by atoms with Crippen LogP contribution in [0.1, 0.15) is 31.8 Å². The van der Waals surface area contributed by atoms with Crippen LogP contribution in [0.15, 0.2) is 36.4 Å². The lowest BCUT2D eigenvalue weighted by Crippen LogP contribution is -2.29. The molecule has 4 nitrogen and oxygen atoms in total. The Morgan fingerprint density at radius 2 is 1.87 bits per heavy atom. The van der Waals surface area contributed by atoms with E-state index in [1.165, 1.54) is 13.2 Å². The molecule has 1 aliphatic rings. The maximum absolute atomic E-state index is 13.7. The van der Waals surface area contributed by atoms with E-state index in [1.54, 1.807) is 42.2 Å². The molecule has 0 atom stereocenters. The number of anilines is 1. The zero-order valence-corrected chi connectivity index (χ0v) is 12.9. The molecule has 1 heterocycles. The van der Waals surface area contributed by atoms with E-state index in [1.807, 2.05) is 0 Å². The molecule has 1 aliphatic heterocycles. The average Bonchev–Trinajstić information content (AvgIpc) is 2.99. The van der Waals surface area contributed by atoms with Crippen LogP contribution in [0.5, 0.6) is 0 Å². The van der Waals surface area contributed by atoms with Crippen molar-refractivity contribution in [1.29, 1.82) is 0 Å². The third-order valence-corrected chi connectivity index (χ3v) is 4.06. The number of aryl methyl sites for hydroxylation is 1. The summed E-state index contributed by atoms with van der Waals surface area (Å²) in [5, 5.41) is 0. The topological polar surface area (TPSA) is 46.6 Å². The number of rotatable bonds is 2. The number of halogens is 1. The molecule has 5 heteroatoms. The highest BCUT2D eigenvalue weighted by atomic mass is 19.1. The molecule has 0 radical (unpaired) electrons. The molecule has 1 amide bonds. The lowest BCUT2D eigenvalue weighted by atomic mass is 10.1. The monoisotopic (exact) mass is 313 g/mol. The van der Waals surface area contributed by atoms with E-state index >= 15 is 0 Å². The SMILES string of the molecule is COC(=O)c1ccc2c(c1)CCN2C(=O)c1ccc(C)c(F)c1. The lowest BCUT2D eigenvalue weighted by molar-refractivity contribution is 0.0600. The molecule has 0 unspecified atom stereocenters. The summed E-state index contributed by atoms with van der Waals surface area (Å²) in [6.07, 6.45) is 0.653. The third kappa shape index (κ3) is 2.70. The average molecular weight is 313 g/mol. The van der Waals surface area contributed by atoms with Gasteiger partial charge in [-0.3, -0.25) is 4.79 Å². The van der Waals surface area contributed by atoms with Crippen molar-refractivity contribution in [3.8, 4) is 0 Å². The molecule has 0 bridgehead atoms. The molecular weight excluding hydrogens is 297 g/mol. The van der Waals surface area contributed by atoms with Crippen LogP contribution in [0.4, 0.5) is 10.1 Å². The van der Waals surface area contributed by atoms with Crippen molar-refractivity contribution in [2.45, 2.75) is 13.3 Å². The van der Waals surface area contributed by atoms with Gasteiger partial charge in [0.05, 0.1) is 12.7 Å².